The molecule has 0 spiro atoms. The Hall–Kier alpha value is -1.11. The van der Waals surface area contributed by atoms with E-state index >= 15 is 0 Å². The van der Waals surface area contributed by atoms with E-state index in [1.54, 1.807) is 18.2 Å². The Labute approximate surface area is 156 Å². The zero-order valence-corrected chi connectivity index (χ0v) is 16.1. The summed E-state index contributed by atoms with van der Waals surface area (Å²) < 4.78 is 0.810. The van der Waals surface area contributed by atoms with Gasteiger partial charge in [0.2, 0.25) is 0 Å². The first-order chi connectivity index (χ1) is 11.5. The number of likely N-dealkylation sites (tertiary alicyclic amines) is 1. The highest BCUT2D eigenvalue weighted by molar-refractivity contribution is 9.10. The second kappa shape index (κ2) is 9.39. The number of carbonyl (C=O) groups excluding carboxylic acids is 2. The van der Waals surface area contributed by atoms with Crippen molar-refractivity contribution in [2.75, 3.05) is 25.0 Å². The Morgan fingerprint density at radius 3 is 2.62 bits per heavy atom. The first kappa shape index (κ1) is 19.2. The van der Waals surface area contributed by atoms with Crippen molar-refractivity contribution in [1.29, 1.82) is 0 Å². The minimum absolute atomic E-state index is 0.0570. The summed E-state index contributed by atoms with van der Waals surface area (Å²) in [6, 6.07) is 5.14. The molecule has 0 unspecified atom stereocenters. The van der Waals surface area contributed by atoms with Crippen LogP contribution in [0.15, 0.2) is 22.7 Å². The molecule has 0 radical (unpaired) electrons. The quantitative estimate of drug-likeness (QED) is 0.723. The average molecular weight is 417 g/mol. The number of carbonyl (C=O) groups is 2. The number of nitrogens with one attached hydrogen (secondary N) is 2. The van der Waals surface area contributed by atoms with Crippen LogP contribution in [0.4, 0.5) is 5.69 Å². The summed E-state index contributed by atoms with van der Waals surface area (Å²) in [5.41, 5.74) is 0.425. The molecule has 5 nitrogen and oxygen atoms in total. The molecule has 0 bridgehead atoms. The third-order valence-electron chi connectivity index (χ3n) is 4.14. The second-order valence-electron chi connectivity index (χ2n) is 6.02. The van der Waals surface area contributed by atoms with Crippen LogP contribution in [0, 0.1) is 0 Å². The molecule has 2 amide bonds. The van der Waals surface area contributed by atoms with E-state index in [1.165, 1.54) is 12.8 Å². The van der Waals surface area contributed by atoms with Crippen molar-refractivity contribution >= 4 is 45.0 Å². The van der Waals surface area contributed by atoms with Gasteiger partial charge in [-0.2, -0.15) is 0 Å². The molecule has 2 N–H and O–H groups in total. The van der Waals surface area contributed by atoms with Crippen molar-refractivity contribution in [3.05, 3.63) is 27.7 Å². The Morgan fingerprint density at radius 2 is 2.00 bits per heavy atom. The lowest BCUT2D eigenvalue weighted by atomic mass is 10.0. The maximum atomic E-state index is 12.1. The van der Waals surface area contributed by atoms with Crippen molar-refractivity contribution in [1.82, 2.24) is 10.2 Å². The van der Waals surface area contributed by atoms with Crippen LogP contribution in [0.3, 0.4) is 0 Å². The van der Waals surface area contributed by atoms with Gasteiger partial charge in [0.05, 0.1) is 10.7 Å². The number of nitrogens with zero attached hydrogens (tertiary/aromatic N) is 1. The molecule has 1 heterocycles. The van der Waals surface area contributed by atoms with Crippen LogP contribution in [0.25, 0.3) is 0 Å². The van der Waals surface area contributed by atoms with Crippen molar-refractivity contribution < 1.29 is 9.59 Å². The lowest BCUT2D eigenvalue weighted by Gasteiger charge is -2.32. The Kier molecular flexibility index (Phi) is 7.52. The van der Waals surface area contributed by atoms with Gasteiger partial charge in [-0.15, -0.1) is 0 Å². The standard InChI is InChI=1S/C17H23BrClN3O2/c1-2-3-8-22-9-6-13(7-10-22)20-16(23)17(24)21-15-5-4-12(18)11-14(15)19/h4-5,11,13H,2-3,6-10H2,1H3,(H,20,23)(H,21,24). The molecular weight excluding hydrogens is 394 g/mol. The van der Waals surface area contributed by atoms with E-state index in [0.29, 0.717) is 10.7 Å². The number of rotatable bonds is 5. The molecule has 0 aliphatic carbocycles. The molecule has 1 aromatic carbocycles. The fraction of sp³-hybridized carbons (Fsp3) is 0.529. The van der Waals surface area contributed by atoms with E-state index in [0.717, 1.165) is 36.9 Å². The van der Waals surface area contributed by atoms with Crippen LogP contribution < -0.4 is 10.6 Å². The summed E-state index contributed by atoms with van der Waals surface area (Å²) in [6.07, 6.45) is 4.15. The largest absolute Gasteiger partial charge is 0.345 e. The number of piperidine rings is 1. The first-order valence-electron chi connectivity index (χ1n) is 8.29. The molecule has 24 heavy (non-hydrogen) atoms. The monoisotopic (exact) mass is 415 g/mol. The van der Waals surface area contributed by atoms with E-state index in [2.05, 4.69) is 38.4 Å². The second-order valence-corrected chi connectivity index (χ2v) is 7.34. The minimum atomic E-state index is -0.687. The van der Waals surface area contributed by atoms with Gasteiger partial charge in [-0.3, -0.25) is 9.59 Å². The smallest absolute Gasteiger partial charge is 0.313 e. The number of benzene rings is 1. The number of hydrogen-bond acceptors (Lipinski definition) is 3. The van der Waals surface area contributed by atoms with Crippen molar-refractivity contribution in [3.63, 3.8) is 0 Å². The maximum Gasteiger partial charge on any atom is 0.313 e. The lowest BCUT2D eigenvalue weighted by Crippen LogP contribution is -2.47. The number of amides is 2. The zero-order chi connectivity index (χ0) is 17.5. The fourth-order valence-corrected chi connectivity index (χ4v) is 3.42. The third kappa shape index (κ3) is 5.76. The maximum absolute atomic E-state index is 12.1. The van der Waals surface area contributed by atoms with Gasteiger partial charge < -0.3 is 15.5 Å². The topological polar surface area (TPSA) is 61.4 Å². The molecule has 0 aromatic heterocycles. The lowest BCUT2D eigenvalue weighted by molar-refractivity contribution is -0.136. The summed E-state index contributed by atoms with van der Waals surface area (Å²) >= 11 is 9.34. The Balaban J connectivity index is 1.79. The molecular formula is C17H23BrClN3O2. The molecule has 2 rings (SSSR count). The molecule has 132 valence electrons. The van der Waals surface area contributed by atoms with Gasteiger partial charge in [0, 0.05) is 23.6 Å². The highest BCUT2D eigenvalue weighted by atomic mass is 79.9. The van der Waals surface area contributed by atoms with Gasteiger partial charge in [-0.1, -0.05) is 40.9 Å². The number of halogens is 2. The van der Waals surface area contributed by atoms with Gasteiger partial charge in [0.1, 0.15) is 0 Å². The van der Waals surface area contributed by atoms with E-state index in [4.69, 9.17) is 11.6 Å². The predicted octanol–water partition coefficient (Wildman–Crippen LogP) is 3.42. The summed E-state index contributed by atoms with van der Waals surface area (Å²) in [6.45, 7) is 5.22. The van der Waals surface area contributed by atoms with Gasteiger partial charge in [-0.25, -0.2) is 0 Å². The Bertz CT molecular complexity index is 589. The number of anilines is 1. The molecule has 1 aliphatic rings. The van der Waals surface area contributed by atoms with Crippen molar-refractivity contribution in [3.8, 4) is 0 Å². The number of unbranched alkanes of at least 4 members (excludes halogenated alkanes) is 1. The van der Waals surface area contributed by atoms with Crippen LogP contribution >= 0.6 is 27.5 Å². The Morgan fingerprint density at radius 1 is 1.29 bits per heavy atom. The normalized spacial score (nSPS) is 16.0. The molecule has 1 fully saturated rings. The minimum Gasteiger partial charge on any atom is -0.345 e. The van der Waals surface area contributed by atoms with Gasteiger partial charge in [0.25, 0.3) is 0 Å². The number of hydrogen-bond donors (Lipinski definition) is 2. The molecule has 0 atom stereocenters. The van der Waals surface area contributed by atoms with Crippen LogP contribution in [-0.4, -0.2) is 42.4 Å². The van der Waals surface area contributed by atoms with E-state index in [-0.39, 0.29) is 6.04 Å². The van der Waals surface area contributed by atoms with Crippen LogP contribution in [-0.2, 0) is 9.59 Å². The van der Waals surface area contributed by atoms with Crippen molar-refractivity contribution in [2.45, 2.75) is 38.6 Å². The highest BCUT2D eigenvalue weighted by Gasteiger charge is 2.23. The van der Waals surface area contributed by atoms with E-state index in [1.807, 2.05) is 0 Å². The van der Waals surface area contributed by atoms with Crippen molar-refractivity contribution in [2.24, 2.45) is 0 Å². The fourth-order valence-electron chi connectivity index (χ4n) is 2.70. The van der Waals surface area contributed by atoms with Crippen LogP contribution in [0.1, 0.15) is 32.6 Å². The van der Waals surface area contributed by atoms with Gasteiger partial charge >= 0.3 is 11.8 Å². The summed E-state index contributed by atoms with van der Waals surface area (Å²) in [4.78, 5) is 26.5. The van der Waals surface area contributed by atoms with E-state index < -0.39 is 11.8 Å². The summed E-state index contributed by atoms with van der Waals surface area (Å²) in [7, 11) is 0. The third-order valence-corrected chi connectivity index (χ3v) is 4.94. The van der Waals surface area contributed by atoms with E-state index in [9.17, 15) is 9.59 Å². The highest BCUT2D eigenvalue weighted by Crippen LogP contribution is 2.25. The summed E-state index contributed by atoms with van der Waals surface area (Å²) in [5.74, 6) is -1.30. The molecule has 7 heteroatoms. The summed E-state index contributed by atoms with van der Waals surface area (Å²) in [5, 5.41) is 5.75. The molecule has 1 aromatic rings. The van der Waals surface area contributed by atoms with Crippen LogP contribution in [0.5, 0.6) is 0 Å². The predicted molar refractivity (Wildman–Crippen MR) is 100 cm³/mol. The van der Waals surface area contributed by atoms with Crippen LogP contribution in [0.2, 0.25) is 5.02 Å². The molecule has 1 saturated heterocycles. The SMILES string of the molecule is CCCCN1CCC(NC(=O)C(=O)Nc2ccc(Br)cc2Cl)CC1. The van der Waals surface area contributed by atoms with Gasteiger partial charge in [0.15, 0.2) is 0 Å². The zero-order valence-electron chi connectivity index (χ0n) is 13.8. The average Bonchev–Trinajstić information content (AvgIpc) is 2.56. The first-order valence-corrected chi connectivity index (χ1v) is 9.46. The van der Waals surface area contributed by atoms with Gasteiger partial charge in [-0.05, 0) is 44.0 Å². The molecule has 0 saturated carbocycles. The molecule has 1 aliphatic heterocycles.